The van der Waals surface area contributed by atoms with E-state index in [4.69, 9.17) is 14.2 Å². The fraction of sp³-hybridized carbons (Fsp3) is 0.562. The molecule has 0 radical (unpaired) electrons. The summed E-state index contributed by atoms with van der Waals surface area (Å²) in [6.07, 6.45) is 2.35. The molecular formula is C16H21NO4. The van der Waals surface area contributed by atoms with Gasteiger partial charge in [-0.25, -0.2) is 0 Å². The molecule has 3 rings (SSSR count). The van der Waals surface area contributed by atoms with E-state index in [9.17, 15) is 4.79 Å². The summed E-state index contributed by atoms with van der Waals surface area (Å²) < 4.78 is 16.7. The van der Waals surface area contributed by atoms with Crippen molar-refractivity contribution in [3.05, 3.63) is 23.8 Å². The van der Waals surface area contributed by atoms with Gasteiger partial charge in [-0.1, -0.05) is 12.1 Å². The molecule has 114 valence electrons. The van der Waals surface area contributed by atoms with Gasteiger partial charge in [0.15, 0.2) is 11.5 Å². The summed E-state index contributed by atoms with van der Waals surface area (Å²) in [5.41, 5.74) is 0.986. The molecular weight excluding hydrogens is 270 g/mol. The van der Waals surface area contributed by atoms with Gasteiger partial charge in [-0.2, -0.15) is 0 Å². The van der Waals surface area contributed by atoms with Crippen molar-refractivity contribution in [1.29, 1.82) is 0 Å². The average Bonchev–Trinajstić information content (AvgIpc) is 3.01. The number of rotatable bonds is 2. The van der Waals surface area contributed by atoms with Crippen LogP contribution >= 0.6 is 0 Å². The van der Waals surface area contributed by atoms with Gasteiger partial charge >= 0.3 is 0 Å². The third kappa shape index (κ3) is 2.97. The highest BCUT2D eigenvalue weighted by molar-refractivity contribution is 5.81. The summed E-state index contributed by atoms with van der Waals surface area (Å²) in [4.78, 5) is 14.4. The van der Waals surface area contributed by atoms with Crippen molar-refractivity contribution in [2.24, 2.45) is 0 Å². The van der Waals surface area contributed by atoms with Crippen molar-refractivity contribution in [2.75, 3.05) is 26.9 Å². The van der Waals surface area contributed by atoms with E-state index in [0.717, 1.165) is 36.3 Å². The third-order valence-corrected chi connectivity index (χ3v) is 3.98. The highest BCUT2D eigenvalue weighted by Gasteiger charge is 2.29. The van der Waals surface area contributed by atoms with E-state index < -0.39 is 0 Å². The molecule has 0 aliphatic carbocycles. The lowest BCUT2D eigenvalue weighted by Crippen LogP contribution is -2.40. The lowest BCUT2D eigenvalue weighted by atomic mass is 10.1. The molecule has 1 saturated heterocycles. The number of methoxy groups -OCH3 is 1. The first kappa shape index (κ1) is 14.2. The van der Waals surface area contributed by atoms with E-state index in [2.05, 4.69) is 0 Å². The number of fused-ring (bicyclic) bond motifs is 1. The van der Waals surface area contributed by atoms with E-state index in [0.29, 0.717) is 26.3 Å². The van der Waals surface area contributed by atoms with Crippen LogP contribution in [0.15, 0.2) is 18.2 Å². The molecule has 1 atom stereocenters. The van der Waals surface area contributed by atoms with Gasteiger partial charge in [-0.3, -0.25) is 4.79 Å². The summed E-state index contributed by atoms with van der Waals surface area (Å²) in [7, 11) is 1.63. The minimum atomic E-state index is -0.264. The zero-order chi connectivity index (χ0) is 14.7. The van der Waals surface area contributed by atoms with Crippen molar-refractivity contribution < 1.29 is 19.0 Å². The van der Waals surface area contributed by atoms with Crippen LogP contribution in [0.25, 0.3) is 0 Å². The third-order valence-electron chi connectivity index (χ3n) is 3.98. The molecule has 2 heterocycles. The fourth-order valence-electron chi connectivity index (χ4n) is 2.89. The van der Waals surface area contributed by atoms with Crippen LogP contribution < -0.4 is 9.47 Å². The largest absolute Gasteiger partial charge is 0.493 e. The second-order valence-corrected chi connectivity index (χ2v) is 5.41. The predicted octanol–water partition coefficient (Wildman–Crippen LogP) is 1.99. The molecule has 1 amide bonds. The Morgan fingerprint density at radius 1 is 1.33 bits per heavy atom. The monoisotopic (exact) mass is 291 g/mol. The first-order valence-electron chi connectivity index (χ1n) is 7.48. The van der Waals surface area contributed by atoms with Crippen molar-refractivity contribution in [3.63, 3.8) is 0 Å². The van der Waals surface area contributed by atoms with E-state index >= 15 is 0 Å². The maximum absolute atomic E-state index is 12.6. The second kappa shape index (κ2) is 6.35. The van der Waals surface area contributed by atoms with Crippen LogP contribution in [-0.4, -0.2) is 43.8 Å². The van der Waals surface area contributed by atoms with Gasteiger partial charge in [0, 0.05) is 25.3 Å². The van der Waals surface area contributed by atoms with E-state index in [1.54, 1.807) is 7.11 Å². The minimum absolute atomic E-state index is 0.100. The lowest BCUT2D eigenvalue weighted by molar-refractivity contribution is -0.141. The Bertz CT molecular complexity index is 511. The zero-order valence-corrected chi connectivity index (χ0v) is 12.3. The zero-order valence-electron chi connectivity index (χ0n) is 12.3. The standard InChI is InChI=1S/C16H21NO4/c1-19-13-6-2-5-12-11-17(8-4-10-21-15(12)13)16(18)14-7-3-9-20-14/h2,5-6,14H,3-4,7-11H2,1H3/t14-/m0/s1. The quantitative estimate of drug-likeness (QED) is 0.836. The molecule has 0 N–H and O–H groups in total. The molecule has 0 unspecified atom stereocenters. The molecule has 5 heteroatoms. The SMILES string of the molecule is COc1cccc2c1OCCCN(C(=O)[C@@H]1CCCO1)C2. The van der Waals surface area contributed by atoms with Crippen molar-refractivity contribution in [3.8, 4) is 11.5 Å². The van der Waals surface area contributed by atoms with Gasteiger partial charge in [0.25, 0.3) is 5.91 Å². The molecule has 1 aromatic rings. The number of carbonyl (C=O) groups excluding carboxylic acids is 1. The topological polar surface area (TPSA) is 48.0 Å². The Kier molecular flexibility index (Phi) is 4.29. The molecule has 21 heavy (non-hydrogen) atoms. The number of carbonyl (C=O) groups is 1. The summed E-state index contributed by atoms with van der Waals surface area (Å²) >= 11 is 0. The molecule has 5 nitrogen and oxygen atoms in total. The van der Waals surface area contributed by atoms with Crippen LogP contribution in [0.3, 0.4) is 0 Å². The van der Waals surface area contributed by atoms with Gasteiger partial charge in [0.2, 0.25) is 0 Å². The van der Waals surface area contributed by atoms with Gasteiger partial charge < -0.3 is 19.1 Å². The summed E-state index contributed by atoms with van der Waals surface area (Å²) in [6, 6.07) is 5.79. The normalized spacial score (nSPS) is 22.0. The first-order chi connectivity index (χ1) is 10.3. The van der Waals surface area contributed by atoms with Crippen LogP contribution in [0.5, 0.6) is 11.5 Å². The van der Waals surface area contributed by atoms with E-state index in [-0.39, 0.29) is 12.0 Å². The number of hydrogen-bond acceptors (Lipinski definition) is 4. The second-order valence-electron chi connectivity index (χ2n) is 5.41. The van der Waals surface area contributed by atoms with Crippen molar-refractivity contribution in [1.82, 2.24) is 4.90 Å². The summed E-state index contributed by atoms with van der Waals surface area (Å²) in [6.45, 7) is 2.53. The van der Waals surface area contributed by atoms with Crippen LogP contribution in [0, 0.1) is 0 Å². The molecule has 1 aromatic carbocycles. The molecule has 0 bridgehead atoms. The minimum Gasteiger partial charge on any atom is -0.493 e. The van der Waals surface area contributed by atoms with Gasteiger partial charge in [0.1, 0.15) is 6.10 Å². The molecule has 2 aliphatic heterocycles. The molecule has 0 saturated carbocycles. The van der Waals surface area contributed by atoms with E-state index in [1.165, 1.54) is 0 Å². The average molecular weight is 291 g/mol. The van der Waals surface area contributed by atoms with Crippen LogP contribution in [0.1, 0.15) is 24.8 Å². The number of ether oxygens (including phenoxy) is 3. The number of hydrogen-bond donors (Lipinski definition) is 0. The van der Waals surface area contributed by atoms with Gasteiger partial charge in [-0.15, -0.1) is 0 Å². The summed E-state index contributed by atoms with van der Waals surface area (Å²) in [5.74, 6) is 1.58. The number of para-hydroxylation sites is 1. The van der Waals surface area contributed by atoms with Crippen molar-refractivity contribution >= 4 is 5.91 Å². The molecule has 0 spiro atoms. The maximum atomic E-state index is 12.6. The first-order valence-corrected chi connectivity index (χ1v) is 7.48. The summed E-state index contributed by atoms with van der Waals surface area (Å²) in [5, 5.41) is 0. The molecule has 0 aromatic heterocycles. The van der Waals surface area contributed by atoms with Gasteiger partial charge in [-0.05, 0) is 25.3 Å². The highest BCUT2D eigenvalue weighted by Crippen LogP contribution is 2.33. The Morgan fingerprint density at radius 2 is 2.24 bits per heavy atom. The number of nitrogens with zero attached hydrogens (tertiary/aromatic N) is 1. The van der Waals surface area contributed by atoms with Crippen LogP contribution in [0.2, 0.25) is 0 Å². The Balaban J connectivity index is 1.82. The van der Waals surface area contributed by atoms with Gasteiger partial charge in [0.05, 0.1) is 13.7 Å². The predicted molar refractivity (Wildman–Crippen MR) is 77.5 cm³/mol. The number of amides is 1. The molecule has 2 aliphatic rings. The van der Waals surface area contributed by atoms with Crippen LogP contribution in [-0.2, 0) is 16.1 Å². The highest BCUT2D eigenvalue weighted by atomic mass is 16.5. The maximum Gasteiger partial charge on any atom is 0.252 e. The Labute approximate surface area is 124 Å². The smallest absolute Gasteiger partial charge is 0.252 e. The number of benzene rings is 1. The van der Waals surface area contributed by atoms with Crippen molar-refractivity contribution in [2.45, 2.75) is 31.9 Å². The Hall–Kier alpha value is -1.75. The molecule has 1 fully saturated rings. The van der Waals surface area contributed by atoms with E-state index in [1.807, 2.05) is 23.1 Å². The lowest BCUT2D eigenvalue weighted by Gasteiger charge is -2.29. The fourth-order valence-corrected chi connectivity index (χ4v) is 2.89. The van der Waals surface area contributed by atoms with Crippen LogP contribution in [0.4, 0.5) is 0 Å². The Morgan fingerprint density at radius 3 is 3.00 bits per heavy atom.